The predicted octanol–water partition coefficient (Wildman–Crippen LogP) is 4.97. The summed E-state index contributed by atoms with van der Waals surface area (Å²) in [5.41, 5.74) is 9.88. The van der Waals surface area contributed by atoms with Crippen LogP contribution in [0.2, 0.25) is 0 Å². The van der Waals surface area contributed by atoms with Crippen LogP contribution in [0.15, 0.2) is 54.6 Å². The largest absolute Gasteiger partial charge is 0.397 e. The summed E-state index contributed by atoms with van der Waals surface area (Å²) in [7, 11) is 0. The van der Waals surface area contributed by atoms with Gasteiger partial charge in [0.15, 0.2) is 0 Å². The van der Waals surface area contributed by atoms with Crippen molar-refractivity contribution in [2.75, 3.05) is 17.6 Å². The van der Waals surface area contributed by atoms with Crippen LogP contribution in [0, 0.1) is 11.6 Å². The van der Waals surface area contributed by atoms with Gasteiger partial charge in [-0.2, -0.15) is 0 Å². The van der Waals surface area contributed by atoms with Gasteiger partial charge in [-0.05, 0) is 29.3 Å². The summed E-state index contributed by atoms with van der Waals surface area (Å²) in [6.45, 7) is 2.51. The molecule has 0 atom stereocenters. The lowest BCUT2D eigenvalue weighted by molar-refractivity contribution is 0.103. The number of hydrogen-bond donors (Lipinski definition) is 2. The third-order valence-corrected chi connectivity index (χ3v) is 6.70. The van der Waals surface area contributed by atoms with Gasteiger partial charge < -0.3 is 11.1 Å². The molecule has 0 bridgehead atoms. The van der Waals surface area contributed by atoms with Crippen LogP contribution in [0.5, 0.6) is 0 Å². The molecular formula is C24H20F2N4OS. The molecule has 0 aliphatic carbocycles. The first kappa shape index (κ1) is 20.5. The van der Waals surface area contributed by atoms with Crippen LogP contribution in [-0.4, -0.2) is 22.3 Å². The van der Waals surface area contributed by atoms with Crippen molar-refractivity contribution in [1.82, 2.24) is 9.88 Å². The maximum atomic E-state index is 13.9. The van der Waals surface area contributed by atoms with E-state index < -0.39 is 17.5 Å². The number of benzene rings is 2. The lowest BCUT2D eigenvalue weighted by Gasteiger charge is -2.28. The smallest absolute Gasteiger partial charge is 0.268 e. The first-order valence-electron chi connectivity index (χ1n) is 10.2. The number of anilines is 2. The second-order valence-electron chi connectivity index (χ2n) is 7.82. The molecule has 0 radical (unpaired) electrons. The summed E-state index contributed by atoms with van der Waals surface area (Å²) in [5, 5.41) is 3.20. The highest BCUT2D eigenvalue weighted by atomic mass is 32.1. The van der Waals surface area contributed by atoms with Crippen LogP contribution in [0.25, 0.3) is 10.2 Å². The number of hydrogen-bond acceptors (Lipinski definition) is 5. The first-order chi connectivity index (χ1) is 15.5. The normalized spacial score (nSPS) is 13.8. The fraction of sp³-hybridized carbons (Fsp3) is 0.167. The number of nitrogens with one attached hydrogen (secondary N) is 1. The van der Waals surface area contributed by atoms with Gasteiger partial charge in [0.25, 0.3) is 5.91 Å². The Morgan fingerprint density at radius 3 is 2.75 bits per heavy atom. The second kappa shape index (κ2) is 8.29. The lowest BCUT2D eigenvalue weighted by Crippen LogP contribution is -2.30. The number of nitrogens with two attached hydrogens (primary N) is 1. The predicted molar refractivity (Wildman–Crippen MR) is 123 cm³/mol. The molecule has 3 heterocycles. The van der Waals surface area contributed by atoms with Crippen LogP contribution in [0.3, 0.4) is 0 Å². The average molecular weight is 451 g/mol. The van der Waals surface area contributed by atoms with E-state index >= 15 is 0 Å². The van der Waals surface area contributed by atoms with Crippen molar-refractivity contribution in [3.63, 3.8) is 0 Å². The molecule has 162 valence electrons. The quantitative estimate of drug-likeness (QED) is 0.461. The Labute approximate surface area is 187 Å². The SMILES string of the molecule is Nc1c(C(=O)Nc2ccc(F)cc2F)sc2nc3c(cc12)CN(Cc1ccccc1)CC3. The van der Waals surface area contributed by atoms with E-state index in [-0.39, 0.29) is 10.6 Å². The number of thiophene rings is 1. The maximum Gasteiger partial charge on any atom is 0.268 e. The zero-order valence-electron chi connectivity index (χ0n) is 17.1. The number of carbonyl (C=O) groups is 1. The van der Waals surface area contributed by atoms with E-state index in [1.807, 2.05) is 24.3 Å². The molecule has 4 aromatic rings. The molecule has 0 unspecified atom stereocenters. The van der Waals surface area contributed by atoms with Crippen LogP contribution < -0.4 is 11.1 Å². The lowest BCUT2D eigenvalue weighted by atomic mass is 10.0. The topological polar surface area (TPSA) is 71.2 Å². The zero-order chi connectivity index (χ0) is 22.2. The van der Waals surface area contributed by atoms with E-state index in [2.05, 4.69) is 22.3 Å². The summed E-state index contributed by atoms with van der Waals surface area (Å²) < 4.78 is 27.1. The number of nitrogens with zero attached hydrogens (tertiary/aromatic N) is 2. The molecule has 1 aliphatic heterocycles. The third kappa shape index (κ3) is 3.94. The molecule has 2 aromatic carbocycles. The zero-order valence-corrected chi connectivity index (χ0v) is 17.9. The van der Waals surface area contributed by atoms with Gasteiger partial charge in [-0.3, -0.25) is 9.69 Å². The minimum absolute atomic E-state index is 0.0999. The number of amides is 1. The Balaban J connectivity index is 1.40. The number of carbonyl (C=O) groups excluding carboxylic acids is 1. The van der Waals surface area contributed by atoms with E-state index in [0.29, 0.717) is 10.5 Å². The Morgan fingerprint density at radius 2 is 1.97 bits per heavy atom. The van der Waals surface area contributed by atoms with E-state index in [9.17, 15) is 13.6 Å². The Hall–Kier alpha value is -3.36. The number of aromatic nitrogens is 1. The summed E-state index contributed by atoms with van der Waals surface area (Å²) in [6.07, 6.45) is 0.818. The van der Waals surface area contributed by atoms with E-state index in [1.165, 1.54) is 23.0 Å². The van der Waals surface area contributed by atoms with Crippen molar-refractivity contribution in [3.05, 3.63) is 87.9 Å². The Bertz CT molecular complexity index is 1320. The molecule has 2 aromatic heterocycles. The highest BCUT2D eigenvalue weighted by molar-refractivity contribution is 7.21. The highest BCUT2D eigenvalue weighted by Gasteiger charge is 2.23. The molecule has 0 saturated heterocycles. The molecular weight excluding hydrogens is 430 g/mol. The van der Waals surface area contributed by atoms with Gasteiger partial charge in [0.05, 0.1) is 11.4 Å². The minimum Gasteiger partial charge on any atom is -0.397 e. The number of rotatable bonds is 4. The fourth-order valence-electron chi connectivity index (χ4n) is 3.97. The van der Waals surface area contributed by atoms with Crippen molar-refractivity contribution in [2.45, 2.75) is 19.5 Å². The summed E-state index contributed by atoms with van der Waals surface area (Å²) >= 11 is 1.18. The maximum absolute atomic E-state index is 13.9. The van der Waals surface area contributed by atoms with Gasteiger partial charge in [0, 0.05) is 43.2 Å². The Kier molecular flexibility index (Phi) is 5.32. The summed E-state index contributed by atoms with van der Waals surface area (Å²) in [4.78, 5) is 20.8. The monoisotopic (exact) mass is 450 g/mol. The van der Waals surface area contributed by atoms with Crippen LogP contribution >= 0.6 is 11.3 Å². The molecule has 1 amide bonds. The van der Waals surface area contributed by atoms with Crippen LogP contribution in [0.1, 0.15) is 26.5 Å². The molecule has 0 saturated carbocycles. The Morgan fingerprint density at radius 1 is 1.16 bits per heavy atom. The molecule has 3 N–H and O–H groups in total. The number of fused-ring (bicyclic) bond motifs is 2. The van der Waals surface area contributed by atoms with Gasteiger partial charge in [-0.25, -0.2) is 13.8 Å². The van der Waals surface area contributed by atoms with Crippen molar-refractivity contribution in [2.24, 2.45) is 0 Å². The van der Waals surface area contributed by atoms with Crippen molar-refractivity contribution in [3.8, 4) is 0 Å². The minimum atomic E-state index is -0.842. The highest BCUT2D eigenvalue weighted by Crippen LogP contribution is 2.35. The summed E-state index contributed by atoms with van der Waals surface area (Å²) in [5.74, 6) is -2.09. The van der Waals surface area contributed by atoms with Gasteiger partial charge in [-0.1, -0.05) is 30.3 Å². The molecule has 5 rings (SSSR count). The van der Waals surface area contributed by atoms with Crippen molar-refractivity contribution < 1.29 is 13.6 Å². The van der Waals surface area contributed by atoms with Gasteiger partial charge in [0.1, 0.15) is 21.3 Å². The molecule has 32 heavy (non-hydrogen) atoms. The molecule has 1 aliphatic rings. The summed E-state index contributed by atoms with van der Waals surface area (Å²) in [6, 6.07) is 15.3. The standard InChI is InChI=1S/C24H20F2N4OS/c25-16-6-7-20(18(26)11-16)28-23(31)22-21(27)17-10-15-13-30(12-14-4-2-1-3-5-14)9-8-19(15)29-24(17)32-22/h1-7,10-11H,8-9,12-13,27H2,(H,28,31). The van der Waals surface area contributed by atoms with E-state index in [0.717, 1.165) is 54.8 Å². The third-order valence-electron chi connectivity index (χ3n) is 5.58. The average Bonchev–Trinajstić information content (AvgIpc) is 3.10. The fourth-order valence-corrected chi connectivity index (χ4v) is 4.96. The van der Waals surface area contributed by atoms with Crippen LogP contribution in [0.4, 0.5) is 20.2 Å². The number of nitrogen functional groups attached to an aromatic ring is 1. The molecule has 5 nitrogen and oxygen atoms in total. The van der Waals surface area contributed by atoms with Gasteiger partial charge in [-0.15, -0.1) is 11.3 Å². The van der Waals surface area contributed by atoms with E-state index in [1.54, 1.807) is 0 Å². The van der Waals surface area contributed by atoms with Crippen molar-refractivity contribution >= 4 is 38.8 Å². The van der Waals surface area contributed by atoms with Gasteiger partial charge in [0.2, 0.25) is 0 Å². The van der Waals surface area contributed by atoms with Crippen molar-refractivity contribution in [1.29, 1.82) is 0 Å². The van der Waals surface area contributed by atoms with Crippen LogP contribution in [-0.2, 0) is 19.5 Å². The van der Waals surface area contributed by atoms with Gasteiger partial charge >= 0.3 is 0 Å². The molecule has 0 spiro atoms. The first-order valence-corrected chi connectivity index (χ1v) is 11.0. The molecule has 8 heteroatoms. The second-order valence-corrected chi connectivity index (χ2v) is 8.82. The number of pyridine rings is 1. The molecule has 0 fully saturated rings. The van der Waals surface area contributed by atoms with E-state index in [4.69, 9.17) is 10.7 Å². The number of halogens is 2.